The van der Waals surface area contributed by atoms with Crippen LogP contribution in [0.1, 0.15) is 125 Å². The molecule has 0 amide bonds. The zero-order valence-electron chi connectivity index (χ0n) is 31.4. The van der Waals surface area contributed by atoms with Crippen LogP contribution in [0.3, 0.4) is 0 Å². The first kappa shape index (κ1) is 38.1. The van der Waals surface area contributed by atoms with Crippen molar-refractivity contribution in [3.63, 3.8) is 0 Å². The molecule has 4 fully saturated rings. The van der Waals surface area contributed by atoms with E-state index in [1.807, 2.05) is 6.92 Å². The Balaban J connectivity index is 1.08. The molecule has 2 aromatic rings. The molecular weight excluding hydrogens is 669 g/mol. The minimum absolute atomic E-state index is 0.282. The van der Waals surface area contributed by atoms with Gasteiger partial charge in [0, 0.05) is 0 Å². The number of nitrogen functional groups attached to an aromatic ring is 1. The molecule has 0 radical (unpaired) electrons. The zero-order valence-corrected chi connectivity index (χ0v) is 32.3. The number of hydrogen-bond acceptors (Lipinski definition) is 10. The van der Waals surface area contributed by atoms with E-state index in [1.165, 1.54) is 70.5 Å². The van der Waals surface area contributed by atoms with E-state index >= 15 is 0 Å². The molecule has 284 valence electrons. The summed E-state index contributed by atoms with van der Waals surface area (Å²) in [4.78, 5) is 39.7. The maximum Gasteiger partial charge on any atom is 0.326 e. The quantitative estimate of drug-likeness (QED) is 0.134. The van der Waals surface area contributed by atoms with Crippen LogP contribution in [0, 0.1) is 22.7 Å². The number of nitrogens with zero attached hydrogens (tertiary/aromatic N) is 4. The molecule has 2 spiro atoms. The van der Waals surface area contributed by atoms with Gasteiger partial charge in [-0.25, -0.2) is 25.1 Å². The molecule has 0 aliphatic heterocycles. The predicted molar refractivity (Wildman–Crippen MR) is 196 cm³/mol. The summed E-state index contributed by atoms with van der Waals surface area (Å²) in [5, 5.41) is 6.12. The Kier molecular flexibility index (Phi) is 11.2. The molecule has 6 rings (SSSR count). The Labute approximate surface area is 302 Å². The molecule has 4 N–H and O–H groups in total. The minimum Gasteiger partial charge on any atom is -0.464 e. The second-order valence-electron chi connectivity index (χ2n) is 17.4. The summed E-state index contributed by atoms with van der Waals surface area (Å²) in [6, 6.07) is 0. The van der Waals surface area contributed by atoms with Gasteiger partial charge in [0.25, 0.3) is 0 Å². The van der Waals surface area contributed by atoms with E-state index in [4.69, 9.17) is 19.9 Å². The fourth-order valence-corrected chi connectivity index (χ4v) is 11.3. The SMILES string of the molecule is C[C@H](Cn1cnc2c(N)ncnc21)OCP(=O)(NC(C)(C)C(=O)OCC1CCC2(CCC2)CC1)NC(C)(C)C(=O)OCC1CCC2(CCC2)CC1. The number of nitrogens with two attached hydrogens (primary N) is 1. The molecule has 13 nitrogen and oxygen atoms in total. The monoisotopic (exact) mass is 729 g/mol. The van der Waals surface area contributed by atoms with Gasteiger partial charge in [0.05, 0.1) is 32.2 Å². The number of nitrogens with one attached hydrogen (secondary N) is 2. The van der Waals surface area contributed by atoms with Gasteiger partial charge in [-0.1, -0.05) is 12.8 Å². The topological polar surface area (TPSA) is 173 Å². The first-order valence-electron chi connectivity index (χ1n) is 19.2. The number of esters is 2. The van der Waals surface area contributed by atoms with Gasteiger partial charge in [0.2, 0.25) is 7.44 Å². The molecule has 4 aliphatic rings. The molecule has 1 atom stereocenters. The molecular formula is C37H60N7O6P. The highest BCUT2D eigenvalue weighted by Crippen LogP contribution is 2.53. The first-order chi connectivity index (χ1) is 24.1. The normalized spacial score (nSPS) is 23.7. The highest BCUT2D eigenvalue weighted by Gasteiger charge is 2.45. The van der Waals surface area contributed by atoms with Crippen LogP contribution in [-0.4, -0.2) is 68.2 Å². The maximum absolute atomic E-state index is 14.8. The van der Waals surface area contributed by atoms with Crippen molar-refractivity contribution in [3.05, 3.63) is 12.7 Å². The van der Waals surface area contributed by atoms with Crippen LogP contribution in [0.4, 0.5) is 5.82 Å². The van der Waals surface area contributed by atoms with Crippen molar-refractivity contribution in [2.75, 3.05) is 25.3 Å². The lowest BCUT2D eigenvalue weighted by Crippen LogP contribution is -2.54. The fraction of sp³-hybridized carbons (Fsp3) is 0.811. The Morgan fingerprint density at radius 3 is 1.80 bits per heavy atom. The van der Waals surface area contributed by atoms with Gasteiger partial charge < -0.3 is 24.5 Å². The summed E-state index contributed by atoms with van der Waals surface area (Å²) in [5.74, 6) is -0.0367. The van der Waals surface area contributed by atoms with Gasteiger partial charge in [-0.3, -0.25) is 14.2 Å². The third-order valence-electron chi connectivity index (χ3n) is 12.4. The number of rotatable bonds is 15. The number of imidazole rings is 1. The maximum atomic E-state index is 14.8. The van der Waals surface area contributed by atoms with Crippen molar-refractivity contribution in [2.24, 2.45) is 22.7 Å². The third kappa shape index (κ3) is 8.96. The molecule has 2 aromatic heterocycles. The lowest BCUT2D eigenvalue weighted by atomic mass is 9.59. The third-order valence-corrected chi connectivity index (χ3v) is 14.8. The standard InChI is InChI=1S/C37H60N7O6P/c1-26(20-44-24-41-29-30(38)39-23-40-31(29)44)50-25-51(47,42-34(2,3)32(45)48-21-27-8-16-36(17-9-27)12-6-13-36)43-35(4,5)33(46)49-22-28-10-18-37(19-11-28)14-7-15-37/h23-24,26-28H,6-22,25H2,1-5H3,(H2,38,39,40)(H2,42,43,47)/t26-/m1/s1. The van der Waals surface area contributed by atoms with E-state index in [0.29, 0.717) is 53.6 Å². The molecule has 4 aliphatic carbocycles. The number of carbonyl (C=O) groups is 2. The van der Waals surface area contributed by atoms with Crippen molar-refractivity contribution < 1.29 is 28.4 Å². The average Bonchev–Trinajstić information content (AvgIpc) is 3.47. The van der Waals surface area contributed by atoms with Crippen LogP contribution in [0.25, 0.3) is 11.2 Å². The number of aromatic nitrogens is 4. The van der Waals surface area contributed by atoms with Gasteiger partial charge in [0.15, 0.2) is 11.5 Å². The number of hydrogen-bond donors (Lipinski definition) is 3. The van der Waals surface area contributed by atoms with Crippen LogP contribution in [0.5, 0.6) is 0 Å². The molecule has 0 unspecified atom stereocenters. The van der Waals surface area contributed by atoms with E-state index in [9.17, 15) is 14.2 Å². The van der Waals surface area contributed by atoms with Gasteiger partial charge >= 0.3 is 11.9 Å². The van der Waals surface area contributed by atoms with Crippen molar-refractivity contribution in [2.45, 2.75) is 148 Å². The second kappa shape index (κ2) is 15.0. The van der Waals surface area contributed by atoms with Crippen molar-refractivity contribution in [1.82, 2.24) is 29.7 Å². The summed E-state index contributed by atoms with van der Waals surface area (Å²) in [5.41, 5.74) is 5.40. The van der Waals surface area contributed by atoms with Gasteiger partial charge in [0.1, 0.15) is 29.3 Å². The number of anilines is 1. The van der Waals surface area contributed by atoms with Crippen LogP contribution in [0.15, 0.2) is 12.7 Å². The number of fused-ring (bicyclic) bond motifs is 1. The van der Waals surface area contributed by atoms with Crippen LogP contribution >= 0.6 is 7.44 Å². The summed E-state index contributed by atoms with van der Waals surface area (Å²) in [6.07, 6.45) is 19.3. The van der Waals surface area contributed by atoms with E-state index in [2.05, 4.69) is 25.1 Å². The van der Waals surface area contributed by atoms with Gasteiger partial charge in [-0.05, 0) is 134 Å². The highest BCUT2D eigenvalue weighted by molar-refractivity contribution is 7.59. The minimum atomic E-state index is -3.80. The average molecular weight is 730 g/mol. The second-order valence-corrected chi connectivity index (χ2v) is 19.6. The lowest BCUT2D eigenvalue weighted by molar-refractivity contribution is -0.152. The molecule has 14 heteroatoms. The Bertz CT molecular complexity index is 1510. The number of carbonyl (C=O) groups excluding carboxylic acids is 2. The summed E-state index contributed by atoms with van der Waals surface area (Å²) < 4.78 is 34.5. The summed E-state index contributed by atoms with van der Waals surface area (Å²) in [6.45, 7) is 9.50. The van der Waals surface area contributed by atoms with E-state index in [0.717, 1.165) is 25.7 Å². The van der Waals surface area contributed by atoms with Crippen LogP contribution in [-0.2, 0) is 34.9 Å². The largest absolute Gasteiger partial charge is 0.464 e. The number of ether oxygens (including phenoxy) is 3. The van der Waals surface area contributed by atoms with Gasteiger partial charge in [-0.15, -0.1) is 0 Å². The Hall–Kier alpha value is -2.60. The molecule has 4 saturated carbocycles. The van der Waals surface area contributed by atoms with E-state index < -0.39 is 36.6 Å². The molecule has 2 heterocycles. The van der Waals surface area contributed by atoms with Crippen LogP contribution < -0.4 is 15.9 Å². The Morgan fingerprint density at radius 1 is 0.863 bits per heavy atom. The first-order valence-corrected chi connectivity index (χ1v) is 21.1. The van der Waals surface area contributed by atoms with E-state index in [1.54, 1.807) is 38.6 Å². The smallest absolute Gasteiger partial charge is 0.326 e. The Morgan fingerprint density at radius 2 is 1.35 bits per heavy atom. The molecule has 51 heavy (non-hydrogen) atoms. The van der Waals surface area contributed by atoms with Crippen molar-refractivity contribution in [1.29, 1.82) is 0 Å². The predicted octanol–water partition coefficient (Wildman–Crippen LogP) is 6.51. The summed E-state index contributed by atoms with van der Waals surface area (Å²) in [7, 11) is -3.80. The lowest BCUT2D eigenvalue weighted by Gasteiger charge is -2.47. The molecule has 0 aromatic carbocycles. The fourth-order valence-electron chi connectivity index (χ4n) is 8.70. The highest BCUT2D eigenvalue weighted by atomic mass is 31.2. The summed E-state index contributed by atoms with van der Waals surface area (Å²) >= 11 is 0. The van der Waals surface area contributed by atoms with Crippen LogP contribution in [0.2, 0.25) is 0 Å². The molecule has 0 bridgehead atoms. The van der Waals surface area contributed by atoms with Crippen molar-refractivity contribution >= 4 is 36.4 Å². The molecule has 0 saturated heterocycles. The zero-order chi connectivity index (χ0) is 36.5. The van der Waals surface area contributed by atoms with Crippen molar-refractivity contribution in [3.8, 4) is 0 Å². The van der Waals surface area contributed by atoms with Gasteiger partial charge in [-0.2, -0.15) is 0 Å². The van der Waals surface area contributed by atoms with E-state index in [-0.39, 0.29) is 12.2 Å².